The molecular formula is C23H19N3. The summed E-state index contributed by atoms with van der Waals surface area (Å²) in [5, 5.41) is 3.50. The van der Waals surface area contributed by atoms with Crippen molar-refractivity contribution in [3.05, 3.63) is 78.8 Å². The molecule has 0 radical (unpaired) electrons. The van der Waals surface area contributed by atoms with Gasteiger partial charge in [-0.05, 0) is 34.6 Å². The second-order valence-electron chi connectivity index (χ2n) is 7.03. The predicted molar refractivity (Wildman–Crippen MR) is 108 cm³/mol. The topological polar surface area (TPSA) is 30.2 Å². The fourth-order valence-electron chi connectivity index (χ4n) is 3.70. The largest absolute Gasteiger partial charge is 0.299 e. The Labute approximate surface area is 152 Å². The lowest BCUT2D eigenvalue weighted by Gasteiger charge is -2.13. The molecule has 3 heteroatoms. The first-order chi connectivity index (χ1) is 12.7. The number of imidazole rings is 1. The molecule has 0 bridgehead atoms. The summed E-state index contributed by atoms with van der Waals surface area (Å²) in [5.74, 6) is 0.524. The Morgan fingerprint density at radius 1 is 0.846 bits per heavy atom. The number of aromatic nitrogens is 3. The summed E-state index contributed by atoms with van der Waals surface area (Å²) in [4.78, 5) is 9.25. The second-order valence-corrected chi connectivity index (χ2v) is 7.03. The molecular weight excluding hydrogens is 318 g/mol. The highest BCUT2D eigenvalue weighted by atomic mass is 15.0. The predicted octanol–water partition coefficient (Wildman–Crippen LogP) is 5.83. The van der Waals surface area contributed by atoms with E-state index in [2.05, 4.69) is 71.8 Å². The number of pyridine rings is 2. The zero-order valence-corrected chi connectivity index (χ0v) is 14.8. The highest BCUT2D eigenvalue weighted by molar-refractivity contribution is 6.10. The minimum Gasteiger partial charge on any atom is -0.299 e. The van der Waals surface area contributed by atoms with Gasteiger partial charge in [-0.1, -0.05) is 56.3 Å². The fourth-order valence-corrected chi connectivity index (χ4v) is 3.70. The molecule has 3 heterocycles. The summed E-state index contributed by atoms with van der Waals surface area (Å²) in [7, 11) is 0. The van der Waals surface area contributed by atoms with Crippen molar-refractivity contribution in [3.8, 4) is 11.3 Å². The lowest BCUT2D eigenvalue weighted by Crippen LogP contribution is -1.96. The number of rotatable bonds is 2. The minimum absolute atomic E-state index is 0.524. The minimum atomic E-state index is 0.524. The van der Waals surface area contributed by atoms with E-state index in [9.17, 15) is 0 Å². The maximum Gasteiger partial charge on any atom is 0.137 e. The third-order valence-corrected chi connectivity index (χ3v) is 5.11. The van der Waals surface area contributed by atoms with Gasteiger partial charge in [-0.3, -0.25) is 9.38 Å². The maximum absolute atomic E-state index is 4.70. The number of para-hydroxylation sites is 1. The van der Waals surface area contributed by atoms with E-state index < -0.39 is 0 Å². The molecule has 0 aliphatic carbocycles. The average Bonchev–Trinajstić information content (AvgIpc) is 3.14. The molecule has 0 amide bonds. The Kier molecular flexibility index (Phi) is 3.29. The van der Waals surface area contributed by atoms with Crippen LogP contribution in [0.2, 0.25) is 0 Å². The van der Waals surface area contributed by atoms with E-state index in [1.165, 1.54) is 16.5 Å². The van der Waals surface area contributed by atoms with Crippen molar-refractivity contribution in [2.45, 2.75) is 19.8 Å². The average molecular weight is 337 g/mol. The first kappa shape index (κ1) is 15.1. The van der Waals surface area contributed by atoms with Crippen LogP contribution in [-0.4, -0.2) is 14.4 Å². The normalized spacial score (nSPS) is 11.8. The molecule has 5 rings (SSSR count). The van der Waals surface area contributed by atoms with Gasteiger partial charge in [-0.2, -0.15) is 0 Å². The first-order valence-electron chi connectivity index (χ1n) is 8.96. The molecule has 3 aromatic heterocycles. The molecule has 0 fully saturated rings. The molecule has 0 saturated carbocycles. The summed E-state index contributed by atoms with van der Waals surface area (Å²) < 4.78 is 2.16. The van der Waals surface area contributed by atoms with Crippen LogP contribution < -0.4 is 0 Å². The zero-order valence-electron chi connectivity index (χ0n) is 14.8. The van der Waals surface area contributed by atoms with Crippen LogP contribution in [0.4, 0.5) is 0 Å². The van der Waals surface area contributed by atoms with E-state index in [0.717, 1.165) is 27.6 Å². The van der Waals surface area contributed by atoms with Crippen LogP contribution in [0.3, 0.4) is 0 Å². The van der Waals surface area contributed by atoms with Gasteiger partial charge in [0, 0.05) is 29.4 Å². The van der Waals surface area contributed by atoms with Gasteiger partial charge < -0.3 is 0 Å². The molecule has 0 N–H and O–H groups in total. The third-order valence-electron chi connectivity index (χ3n) is 5.11. The summed E-state index contributed by atoms with van der Waals surface area (Å²) in [6.45, 7) is 4.44. The van der Waals surface area contributed by atoms with Crippen LogP contribution in [0.25, 0.3) is 38.6 Å². The van der Waals surface area contributed by atoms with Crippen molar-refractivity contribution in [1.82, 2.24) is 14.4 Å². The number of hydrogen-bond acceptors (Lipinski definition) is 2. The smallest absolute Gasteiger partial charge is 0.137 e. The van der Waals surface area contributed by atoms with E-state index in [-0.39, 0.29) is 0 Å². The number of hydrogen-bond donors (Lipinski definition) is 0. The number of fused-ring (bicyclic) bond motifs is 4. The van der Waals surface area contributed by atoms with E-state index in [1.54, 1.807) is 0 Å². The van der Waals surface area contributed by atoms with E-state index in [1.807, 2.05) is 24.7 Å². The molecule has 0 saturated heterocycles. The quantitative estimate of drug-likeness (QED) is 0.380. The summed E-state index contributed by atoms with van der Waals surface area (Å²) in [5.41, 5.74) is 5.64. The highest BCUT2D eigenvalue weighted by Crippen LogP contribution is 2.34. The van der Waals surface area contributed by atoms with Crippen LogP contribution in [0.15, 0.2) is 73.2 Å². The lowest BCUT2D eigenvalue weighted by molar-refractivity contribution is 0.867. The Morgan fingerprint density at radius 2 is 1.65 bits per heavy atom. The Balaban J connectivity index is 1.89. The molecule has 0 aliphatic rings. The standard InChI is InChI=1S/C23H19N3/c1-15(2)16-7-9-17(10-8-16)23-20-14-25-21-6-4-3-5-18(21)19(20)13-22-24-11-12-26(22)23/h3-15H,1-2H3. The van der Waals surface area contributed by atoms with Crippen molar-refractivity contribution in [2.75, 3.05) is 0 Å². The van der Waals surface area contributed by atoms with Gasteiger partial charge in [0.2, 0.25) is 0 Å². The molecule has 5 aromatic rings. The zero-order chi connectivity index (χ0) is 17.7. The SMILES string of the molecule is CC(C)c1ccc(-c2c3cnc4ccccc4c3cc3nccn23)cc1. The molecule has 0 unspecified atom stereocenters. The van der Waals surface area contributed by atoms with Crippen molar-refractivity contribution < 1.29 is 0 Å². The van der Waals surface area contributed by atoms with Gasteiger partial charge in [0.25, 0.3) is 0 Å². The van der Waals surface area contributed by atoms with Crippen molar-refractivity contribution in [2.24, 2.45) is 0 Å². The van der Waals surface area contributed by atoms with E-state index in [4.69, 9.17) is 4.98 Å². The molecule has 0 spiro atoms. The van der Waals surface area contributed by atoms with Crippen molar-refractivity contribution in [1.29, 1.82) is 0 Å². The van der Waals surface area contributed by atoms with Crippen molar-refractivity contribution in [3.63, 3.8) is 0 Å². The molecule has 0 atom stereocenters. The van der Waals surface area contributed by atoms with Gasteiger partial charge in [0.15, 0.2) is 0 Å². The molecule has 3 nitrogen and oxygen atoms in total. The number of benzene rings is 2. The Morgan fingerprint density at radius 3 is 2.46 bits per heavy atom. The third kappa shape index (κ3) is 2.21. The summed E-state index contributed by atoms with van der Waals surface area (Å²) >= 11 is 0. The summed E-state index contributed by atoms with van der Waals surface area (Å²) in [6.07, 6.45) is 5.87. The summed E-state index contributed by atoms with van der Waals surface area (Å²) in [6, 6.07) is 19.3. The molecule has 0 aliphatic heterocycles. The van der Waals surface area contributed by atoms with Gasteiger partial charge in [0.1, 0.15) is 5.65 Å². The van der Waals surface area contributed by atoms with Crippen LogP contribution in [-0.2, 0) is 0 Å². The Bertz CT molecular complexity index is 1250. The first-order valence-corrected chi connectivity index (χ1v) is 8.96. The van der Waals surface area contributed by atoms with Crippen LogP contribution in [0, 0.1) is 0 Å². The molecule has 126 valence electrons. The van der Waals surface area contributed by atoms with E-state index in [0.29, 0.717) is 5.92 Å². The van der Waals surface area contributed by atoms with Gasteiger partial charge in [-0.25, -0.2) is 4.98 Å². The number of nitrogens with zero attached hydrogens (tertiary/aromatic N) is 3. The van der Waals surface area contributed by atoms with Gasteiger partial charge in [-0.15, -0.1) is 0 Å². The van der Waals surface area contributed by atoms with E-state index >= 15 is 0 Å². The van der Waals surface area contributed by atoms with Crippen molar-refractivity contribution >= 4 is 27.3 Å². The van der Waals surface area contributed by atoms with Gasteiger partial charge >= 0.3 is 0 Å². The fraction of sp³-hybridized carbons (Fsp3) is 0.130. The second kappa shape index (κ2) is 5.67. The van der Waals surface area contributed by atoms with Crippen LogP contribution in [0.1, 0.15) is 25.3 Å². The monoisotopic (exact) mass is 337 g/mol. The maximum atomic E-state index is 4.70. The van der Waals surface area contributed by atoms with Gasteiger partial charge in [0.05, 0.1) is 11.2 Å². The van der Waals surface area contributed by atoms with Crippen LogP contribution in [0.5, 0.6) is 0 Å². The Hall–Kier alpha value is -3.20. The highest BCUT2D eigenvalue weighted by Gasteiger charge is 2.13. The molecule has 26 heavy (non-hydrogen) atoms. The molecule has 2 aromatic carbocycles. The van der Waals surface area contributed by atoms with Crippen LogP contribution >= 0.6 is 0 Å². The lowest BCUT2D eigenvalue weighted by atomic mass is 9.98.